The second-order valence-corrected chi connectivity index (χ2v) is 11.9. The van der Waals surface area contributed by atoms with E-state index in [1.54, 1.807) is 30.2 Å². The largest absolute Gasteiger partial charge is 0.496 e. The van der Waals surface area contributed by atoms with Crippen molar-refractivity contribution in [1.29, 1.82) is 0 Å². The zero-order valence-corrected chi connectivity index (χ0v) is 28.0. The average molecular weight is 669 g/mol. The quantitative estimate of drug-likeness (QED) is 0.0810. The number of rotatable bonds is 15. The maximum absolute atomic E-state index is 13.1. The van der Waals surface area contributed by atoms with Crippen molar-refractivity contribution in [2.45, 2.75) is 51.6 Å². The van der Waals surface area contributed by atoms with Crippen molar-refractivity contribution >= 4 is 17.7 Å². The van der Waals surface area contributed by atoms with Gasteiger partial charge >= 0.3 is 6.09 Å². The number of amides is 2. The molecule has 0 bridgehead atoms. The van der Waals surface area contributed by atoms with Crippen LogP contribution in [0.1, 0.15) is 47.9 Å². The molecule has 2 atom stereocenters. The van der Waals surface area contributed by atoms with Gasteiger partial charge in [0.1, 0.15) is 18.1 Å². The molecule has 10 heteroatoms. The van der Waals surface area contributed by atoms with Gasteiger partial charge in [0.05, 0.1) is 51.9 Å². The fraction of sp³-hybridized carbons (Fsp3) is 0.333. The minimum Gasteiger partial charge on any atom is -0.496 e. The Morgan fingerprint density at radius 2 is 1.61 bits per heavy atom. The lowest BCUT2D eigenvalue weighted by molar-refractivity contribution is -0.121. The van der Waals surface area contributed by atoms with Gasteiger partial charge in [0.25, 0.3) is 0 Å². The second kappa shape index (κ2) is 18.0. The Kier molecular flexibility index (Phi) is 13.0. The van der Waals surface area contributed by atoms with Crippen molar-refractivity contribution in [3.05, 3.63) is 125 Å². The Morgan fingerprint density at radius 3 is 2.39 bits per heavy atom. The predicted molar refractivity (Wildman–Crippen MR) is 185 cm³/mol. The molecule has 0 radical (unpaired) electrons. The Bertz CT molecular complexity index is 1630. The lowest BCUT2D eigenvalue weighted by Gasteiger charge is -2.38. The summed E-state index contributed by atoms with van der Waals surface area (Å²) in [6.07, 6.45) is 0.717. The van der Waals surface area contributed by atoms with Crippen molar-refractivity contribution in [3.8, 4) is 11.5 Å². The number of hydrogen-bond acceptors (Lipinski definition) is 8. The Hall–Kier alpha value is -4.90. The van der Waals surface area contributed by atoms with Crippen molar-refractivity contribution in [1.82, 2.24) is 4.90 Å². The van der Waals surface area contributed by atoms with Gasteiger partial charge in [-0.05, 0) is 53.4 Å². The molecule has 1 fully saturated rings. The van der Waals surface area contributed by atoms with E-state index in [0.29, 0.717) is 50.1 Å². The summed E-state index contributed by atoms with van der Waals surface area (Å²) in [5.41, 5.74) is 4.16. The minimum absolute atomic E-state index is 0.0188. The maximum Gasteiger partial charge on any atom is 0.410 e. The first-order valence-electron chi connectivity index (χ1n) is 16.5. The molecule has 2 unspecified atom stereocenters. The molecule has 0 saturated carbocycles. The molecule has 1 saturated heterocycles. The number of benzene rings is 4. The lowest BCUT2D eigenvalue weighted by atomic mass is 9.87. The number of anilines is 1. The molecule has 49 heavy (non-hydrogen) atoms. The van der Waals surface area contributed by atoms with E-state index >= 15 is 0 Å². The summed E-state index contributed by atoms with van der Waals surface area (Å²) >= 11 is 0. The van der Waals surface area contributed by atoms with E-state index in [1.165, 1.54) is 6.92 Å². The molecule has 1 aliphatic heterocycles. The van der Waals surface area contributed by atoms with E-state index in [1.807, 2.05) is 72.8 Å². The highest BCUT2D eigenvalue weighted by Crippen LogP contribution is 2.33. The van der Waals surface area contributed by atoms with Gasteiger partial charge in [0.15, 0.2) is 0 Å². The standard InChI is InChI=1S/C39H44N2O8/c1-29(42)41(44)34-14-8-12-31(24-34)27-48-38-25-40(39(43)49-26-30-10-4-3-5-11-30)21-20-36(38)32-16-18-35(19-17-32)47-23-9-22-46-28-33-13-6-7-15-37(33)45-2/h3-8,10-19,24,36,38,44H,9,20-23,25-28H2,1-2H3. The van der Waals surface area contributed by atoms with Crippen LogP contribution in [0.3, 0.4) is 0 Å². The van der Waals surface area contributed by atoms with Gasteiger partial charge in [-0.25, -0.2) is 4.79 Å². The SMILES string of the molecule is COc1ccccc1COCCCOc1ccc(C2CCN(C(=O)OCc3ccccc3)CC2OCc2cccc(N(O)C(C)=O)c2)cc1. The lowest BCUT2D eigenvalue weighted by Crippen LogP contribution is -2.47. The van der Waals surface area contributed by atoms with E-state index in [-0.39, 0.29) is 31.3 Å². The van der Waals surface area contributed by atoms with Crippen LogP contribution in [0.4, 0.5) is 10.5 Å². The molecule has 4 aromatic rings. The summed E-state index contributed by atoms with van der Waals surface area (Å²) in [6.45, 7) is 4.16. The van der Waals surface area contributed by atoms with E-state index < -0.39 is 5.91 Å². The highest BCUT2D eigenvalue weighted by Gasteiger charge is 2.34. The zero-order valence-electron chi connectivity index (χ0n) is 28.0. The van der Waals surface area contributed by atoms with Crippen LogP contribution in [0.5, 0.6) is 11.5 Å². The number of para-hydroxylation sites is 1. The fourth-order valence-corrected chi connectivity index (χ4v) is 5.77. The first-order valence-corrected chi connectivity index (χ1v) is 16.5. The molecule has 1 N–H and O–H groups in total. The highest BCUT2D eigenvalue weighted by atomic mass is 16.6. The molecular formula is C39H44N2O8. The fourth-order valence-electron chi connectivity index (χ4n) is 5.77. The number of hydrogen-bond donors (Lipinski definition) is 1. The van der Waals surface area contributed by atoms with E-state index in [0.717, 1.165) is 40.2 Å². The van der Waals surface area contributed by atoms with Gasteiger partial charge in [-0.1, -0.05) is 72.8 Å². The summed E-state index contributed by atoms with van der Waals surface area (Å²) in [7, 11) is 1.65. The van der Waals surface area contributed by atoms with E-state index in [2.05, 4.69) is 12.1 Å². The van der Waals surface area contributed by atoms with Crippen LogP contribution in [-0.4, -0.2) is 61.6 Å². The molecule has 0 aromatic heterocycles. The van der Waals surface area contributed by atoms with Gasteiger partial charge in [0.2, 0.25) is 5.91 Å². The van der Waals surface area contributed by atoms with Crippen LogP contribution in [0.2, 0.25) is 0 Å². The second-order valence-electron chi connectivity index (χ2n) is 11.9. The molecule has 258 valence electrons. The average Bonchev–Trinajstić information content (AvgIpc) is 3.14. The number of ether oxygens (including phenoxy) is 5. The molecular weight excluding hydrogens is 624 g/mol. The summed E-state index contributed by atoms with van der Waals surface area (Å²) in [5, 5.41) is 10.7. The minimum atomic E-state index is -0.486. The third-order valence-corrected chi connectivity index (χ3v) is 8.40. The molecule has 1 aliphatic rings. The predicted octanol–water partition coefficient (Wildman–Crippen LogP) is 7.13. The first-order chi connectivity index (χ1) is 23.9. The van der Waals surface area contributed by atoms with Gasteiger partial charge in [0, 0.05) is 31.4 Å². The Morgan fingerprint density at radius 1 is 0.857 bits per heavy atom. The maximum atomic E-state index is 13.1. The molecule has 4 aromatic carbocycles. The number of piperidine rings is 1. The third kappa shape index (κ3) is 10.3. The summed E-state index contributed by atoms with van der Waals surface area (Å²) in [4.78, 5) is 26.4. The van der Waals surface area contributed by atoms with Crippen molar-refractivity contribution < 1.29 is 38.5 Å². The molecule has 0 spiro atoms. The highest BCUT2D eigenvalue weighted by molar-refractivity contribution is 5.88. The molecule has 1 heterocycles. The number of methoxy groups -OCH3 is 1. The van der Waals surface area contributed by atoms with Crippen molar-refractivity contribution in [3.63, 3.8) is 0 Å². The number of likely N-dealkylation sites (tertiary alicyclic amines) is 1. The smallest absolute Gasteiger partial charge is 0.410 e. The number of nitrogens with zero attached hydrogens (tertiary/aromatic N) is 2. The molecule has 0 aliphatic carbocycles. The van der Waals surface area contributed by atoms with Crippen molar-refractivity contribution in [2.75, 3.05) is 38.5 Å². The van der Waals surface area contributed by atoms with Gasteiger partial charge in [-0.15, -0.1) is 0 Å². The first kappa shape index (κ1) is 35.4. The van der Waals surface area contributed by atoms with Gasteiger partial charge in [-0.3, -0.25) is 10.0 Å². The van der Waals surface area contributed by atoms with Crippen LogP contribution in [0.15, 0.2) is 103 Å². The van der Waals surface area contributed by atoms with Crippen LogP contribution in [-0.2, 0) is 38.8 Å². The summed E-state index contributed by atoms with van der Waals surface area (Å²) < 4.78 is 29.3. The van der Waals surface area contributed by atoms with Crippen LogP contribution >= 0.6 is 0 Å². The van der Waals surface area contributed by atoms with E-state index in [4.69, 9.17) is 23.7 Å². The molecule has 10 nitrogen and oxygen atoms in total. The number of carbonyl (C=O) groups is 2. The van der Waals surface area contributed by atoms with Crippen LogP contribution < -0.4 is 14.5 Å². The van der Waals surface area contributed by atoms with Gasteiger partial charge in [-0.2, -0.15) is 5.06 Å². The topological polar surface area (TPSA) is 107 Å². The third-order valence-electron chi connectivity index (χ3n) is 8.40. The van der Waals surface area contributed by atoms with E-state index in [9.17, 15) is 14.8 Å². The van der Waals surface area contributed by atoms with Crippen LogP contribution in [0, 0.1) is 0 Å². The van der Waals surface area contributed by atoms with Crippen LogP contribution in [0.25, 0.3) is 0 Å². The number of hydroxylamine groups is 1. The van der Waals surface area contributed by atoms with Crippen molar-refractivity contribution in [2.24, 2.45) is 0 Å². The normalized spacial score (nSPS) is 15.8. The Balaban J connectivity index is 1.17. The monoisotopic (exact) mass is 668 g/mol. The molecule has 2 amide bonds. The van der Waals surface area contributed by atoms with Gasteiger partial charge < -0.3 is 28.6 Å². The summed E-state index contributed by atoms with van der Waals surface area (Å²) in [5.74, 6) is 1.12. The summed E-state index contributed by atoms with van der Waals surface area (Å²) in [6, 6.07) is 32.4. The zero-order chi connectivity index (χ0) is 34.4. The molecule has 5 rings (SSSR count). The number of carbonyl (C=O) groups excluding carboxylic acids is 2. The Labute approximate surface area is 287 Å².